The Bertz CT molecular complexity index is 780. The molecule has 0 saturated carbocycles. The average Bonchev–Trinajstić information content (AvgIpc) is 2.62. The molecular weight excluding hydrogens is 414 g/mol. The van der Waals surface area contributed by atoms with Crippen molar-refractivity contribution in [3.05, 3.63) is 47.5 Å². The summed E-state index contributed by atoms with van der Waals surface area (Å²) in [4.78, 5) is 17.9. The van der Waals surface area contributed by atoms with Crippen LogP contribution in [0, 0.1) is 0 Å². The predicted molar refractivity (Wildman–Crippen MR) is 98.9 cm³/mol. The molecule has 2 rings (SSSR count). The summed E-state index contributed by atoms with van der Waals surface area (Å²) in [6, 6.07) is 10.8. The van der Waals surface area contributed by atoms with E-state index in [2.05, 4.69) is 19.6 Å². The van der Waals surface area contributed by atoms with Crippen LogP contribution in [0.5, 0.6) is 0 Å². The molecule has 2 aromatic rings. The van der Waals surface area contributed by atoms with Gasteiger partial charge in [0.1, 0.15) is 0 Å². The monoisotopic (exact) mass is 436 g/mol. The lowest BCUT2D eigenvalue weighted by Gasteiger charge is -2.15. The fourth-order valence-corrected chi connectivity index (χ4v) is 5.03. The van der Waals surface area contributed by atoms with Crippen molar-refractivity contribution in [3.8, 4) is 0 Å². The van der Waals surface area contributed by atoms with Crippen molar-refractivity contribution in [2.75, 3.05) is 28.4 Å². The third-order valence-electron chi connectivity index (χ3n) is 3.47. The summed E-state index contributed by atoms with van der Waals surface area (Å²) in [5.41, 5.74) is 1.38. The number of rotatable bonds is 12. The maximum atomic E-state index is 12.5. The van der Waals surface area contributed by atoms with Gasteiger partial charge < -0.3 is 0 Å². The van der Waals surface area contributed by atoms with Crippen LogP contribution in [0.15, 0.2) is 36.4 Å². The first-order chi connectivity index (χ1) is 13.4. The van der Waals surface area contributed by atoms with Gasteiger partial charge in [-0.3, -0.25) is 9.13 Å². The molecule has 0 aliphatic carbocycles. The molecule has 0 aliphatic heterocycles. The Morgan fingerprint density at radius 3 is 1.21 bits per heavy atom. The van der Waals surface area contributed by atoms with Crippen molar-refractivity contribution >= 4 is 26.0 Å². The van der Waals surface area contributed by atoms with Crippen LogP contribution in [-0.4, -0.2) is 28.4 Å². The van der Waals surface area contributed by atoms with Crippen molar-refractivity contribution in [1.29, 1.82) is 0 Å². The third-order valence-corrected chi connectivity index (χ3v) is 6.48. The topological polar surface area (TPSA) is 108 Å². The standard InChI is InChI=1S/C16H22O10P2/c1-19-23-27(17,24-20-2)11-13-5-7-16-10-14(6-8-15(16)9-13)12-28(18,25-21-3)26-22-4/h5-10H,11-12H2,1-4H3. The van der Waals surface area contributed by atoms with E-state index in [1.807, 2.05) is 24.3 Å². The van der Waals surface area contributed by atoms with E-state index in [1.54, 1.807) is 12.1 Å². The van der Waals surface area contributed by atoms with Gasteiger partial charge in [0.2, 0.25) is 0 Å². The Morgan fingerprint density at radius 1 is 0.607 bits per heavy atom. The highest BCUT2D eigenvalue weighted by molar-refractivity contribution is 7.53. The highest BCUT2D eigenvalue weighted by Gasteiger charge is 2.29. The van der Waals surface area contributed by atoms with Gasteiger partial charge in [-0.1, -0.05) is 36.4 Å². The fraction of sp³-hybridized carbons (Fsp3) is 0.375. The molecule has 0 radical (unpaired) electrons. The summed E-state index contributed by atoms with van der Waals surface area (Å²) in [5, 5.41) is 1.72. The lowest BCUT2D eigenvalue weighted by molar-refractivity contribution is -0.242. The molecule has 0 N–H and O–H groups in total. The van der Waals surface area contributed by atoms with E-state index in [1.165, 1.54) is 28.4 Å². The van der Waals surface area contributed by atoms with Gasteiger partial charge in [0.25, 0.3) is 0 Å². The zero-order valence-electron chi connectivity index (χ0n) is 15.9. The molecule has 28 heavy (non-hydrogen) atoms. The van der Waals surface area contributed by atoms with Gasteiger partial charge in [-0.25, -0.2) is 19.6 Å². The Kier molecular flexibility index (Phi) is 8.73. The Hall–Kier alpha value is -1.16. The highest BCUT2D eigenvalue weighted by atomic mass is 31.2. The first-order valence-electron chi connectivity index (χ1n) is 7.96. The number of hydrogen-bond donors (Lipinski definition) is 0. The van der Waals surface area contributed by atoms with Crippen molar-refractivity contribution in [2.24, 2.45) is 0 Å². The van der Waals surface area contributed by atoms with Gasteiger partial charge >= 0.3 is 15.2 Å². The molecule has 12 heteroatoms. The molecule has 10 nitrogen and oxygen atoms in total. The van der Waals surface area contributed by atoms with Crippen molar-refractivity contribution in [3.63, 3.8) is 0 Å². The van der Waals surface area contributed by atoms with Gasteiger partial charge in [0, 0.05) is 0 Å². The summed E-state index contributed by atoms with van der Waals surface area (Å²) in [7, 11) is -2.31. The molecular formula is C16H22O10P2. The summed E-state index contributed by atoms with van der Waals surface area (Å²) in [6.07, 6.45) is -0.101. The van der Waals surface area contributed by atoms with Crippen LogP contribution in [0.4, 0.5) is 0 Å². The zero-order chi connectivity index (χ0) is 20.6. The first kappa shape index (κ1) is 23.1. The zero-order valence-corrected chi connectivity index (χ0v) is 17.6. The van der Waals surface area contributed by atoms with E-state index in [4.69, 9.17) is 18.7 Å². The molecule has 0 fully saturated rings. The van der Waals surface area contributed by atoms with E-state index >= 15 is 0 Å². The van der Waals surface area contributed by atoms with E-state index in [0.717, 1.165) is 10.8 Å². The minimum Gasteiger partial charge on any atom is -0.255 e. The maximum absolute atomic E-state index is 12.5. The molecule has 0 saturated heterocycles. The van der Waals surface area contributed by atoms with Crippen LogP contribution in [0.1, 0.15) is 11.1 Å². The SMILES string of the molecule is COOP(=O)(Cc1ccc2cc(CP(=O)(OOC)OOC)ccc2c1)OOC. The van der Waals surface area contributed by atoms with Crippen LogP contribution in [-0.2, 0) is 59.7 Å². The molecule has 0 amide bonds. The summed E-state index contributed by atoms with van der Waals surface area (Å²) >= 11 is 0. The first-order valence-corrected chi connectivity index (χ1v) is 11.4. The molecule has 0 aliphatic rings. The Balaban J connectivity index is 2.24. The molecule has 0 aromatic heterocycles. The second-order valence-corrected chi connectivity index (χ2v) is 9.19. The van der Waals surface area contributed by atoms with Crippen LogP contribution in [0.25, 0.3) is 10.8 Å². The van der Waals surface area contributed by atoms with E-state index in [0.29, 0.717) is 11.1 Å². The highest BCUT2D eigenvalue weighted by Crippen LogP contribution is 2.53. The quantitative estimate of drug-likeness (QED) is 0.267. The largest absolute Gasteiger partial charge is 0.388 e. The van der Waals surface area contributed by atoms with Crippen LogP contribution < -0.4 is 0 Å². The molecule has 0 atom stereocenters. The number of hydrogen-bond acceptors (Lipinski definition) is 10. The normalized spacial score (nSPS) is 12.6. The predicted octanol–water partition coefficient (Wildman–Crippen LogP) is 4.54. The summed E-state index contributed by atoms with van der Waals surface area (Å²) in [6.45, 7) is 0. The molecule has 2 aromatic carbocycles. The molecule has 0 heterocycles. The molecule has 0 unspecified atom stereocenters. The van der Waals surface area contributed by atoms with Crippen LogP contribution in [0.2, 0.25) is 0 Å². The Labute approximate surface area is 162 Å². The second-order valence-electron chi connectivity index (χ2n) is 5.52. The average molecular weight is 436 g/mol. The lowest BCUT2D eigenvalue weighted by atomic mass is 10.1. The van der Waals surface area contributed by atoms with Gasteiger partial charge in [0.15, 0.2) is 0 Å². The van der Waals surface area contributed by atoms with Gasteiger partial charge in [-0.2, -0.15) is 0 Å². The van der Waals surface area contributed by atoms with E-state index in [-0.39, 0.29) is 12.3 Å². The molecule has 156 valence electrons. The smallest absolute Gasteiger partial charge is 0.255 e. The second kappa shape index (κ2) is 10.6. The number of benzene rings is 2. The minimum atomic E-state index is -3.61. The van der Waals surface area contributed by atoms with Crippen LogP contribution >= 0.6 is 15.2 Å². The fourth-order valence-electron chi connectivity index (χ4n) is 2.57. The van der Waals surface area contributed by atoms with Crippen molar-refractivity contribution in [2.45, 2.75) is 12.3 Å². The van der Waals surface area contributed by atoms with E-state index in [9.17, 15) is 9.13 Å². The summed E-state index contributed by atoms with van der Waals surface area (Å²) < 4.78 is 43.9. The maximum Gasteiger partial charge on any atom is 0.388 e. The van der Waals surface area contributed by atoms with Crippen LogP contribution in [0.3, 0.4) is 0 Å². The van der Waals surface area contributed by atoms with Crippen molar-refractivity contribution in [1.82, 2.24) is 0 Å². The lowest BCUT2D eigenvalue weighted by Crippen LogP contribution is -1.99. The number of fused-ring (bicyclic) bond motifs is 1. The minimum absolute atomic E-state index is 0.0507. The van der Waals surface area contributed by atoms with Gasteiger partial charge in [-0.15, -0.1) is 18.7 Å². The van der Waals surface area contributed by atoms with Crippen molar-refractivity contribution < 1.29 is 47.4 Å². The van der Waals surface area contributed by atoms with Gasteiger partial charge in [-0.05, 0) is 21.9 Å². The van der Waals surface area contributed by atoms with Gasteiger partial charge in [0.05, 0.1) is 40.8 Å². The molecule has 0 bridgehead atoms. The third kappa shape index (κ3) is 6.43. The molecule has 0 spiro atoms. The summed E-state index contributed by atoms with van der Waals surface area (Å²) in [5.74, 6) is 0. The Morgan fingerprint density at radius 2 is 0.929 bits per heavy atom. The van der Waals surface area contributed by atoms with E-state index < -0.39 is 15.2 Å².